The van der Waals surface area contributed by atoms with Gasteiger partial charge in [0.25, 0.3) is 0 Å². The van der Waals surface area contributed by atoms with Gasteiger partial charge in [-0.2, -0.15) is 5.10 Å². The second-order valence-electron chi connectivity index (χ2n) is 3.15. The first-order chi connectivity index (χ1) is 6.66. The second kappa shape index (κ2) is 3.61. The lowest BCUT2D eigenvalue weighted by Crippen LogP contribution is -1.98. The van der Waals surface area contributed by atoms with Crippen LogP contribution in [0.4, 0.5) is 5.69 Å². The number of aromatic nitrogens is 2. The van der Waals surface area contributed by atoms with Gasteiger partial charge in [0.1, 0.15) is 0 Å². The summed E-state index contributed by atoms with van der Waals surface area (Å²) in [5.41, 5.74) is 8.67. The van der Waals surface area contributed by atoms with Crippen LogP contribution in [0.3, 0.4) is 0 Å². The third kappa shape index (κ3) is 1.75. The SMILES string of the molecule is Cc1cc(N)ccc1-n1cc(I)cn1. The number of benzene rings is 1. The highest BCUT2D eigenvalue weighted by Gasteiger charge is 2.02. The van der Waals surface area contributed by atoms with E-state index in [-0.39, 0.29) is 0 Å². The molecule has 0 aliphatic rings. The fourth-order valence-electron chi connectivity index (χ4n) is 1.37. The predicted molar refractivity (Wildman–Crippen MR) is 65.4 cm³/mol. The normalized spacial score (nSPS) is 10.4. The Balaban J connectivity index is 2.52. The van der Waals surface area contributed by atoms with E-state index in [1.165, 1.54) is 0 Å². The summed E-state index contributed by atoms with van der Waals surface area (Å²) in [7, 11) is 0. The summed E-state index contributed by atoms with van der Waals surface area (Å²) in [6.07, 6.45) is 3.81. The number of nitrogen functional groups attached to an aromatic ring is 1. The summed E-state index contributed by atoms with van der Waals surface area (Å²) < 4.78 is 2.98. The number of nitrogens with zero attached hydrogens (tertiary/aromatic N) is 2. The van der Waals surface area contributed by atoms with Crippen LogP contribution in [0.1, 0.15) is 5.56 Å². The Morgan fingerprint density at radius 3 is 2.79 bits per heavy atom. The molecule has 4 heteroatoms. The number of hydrogen-bond donors (Lipinski definition) is 1. The van der Waals surface area contributed by atoms with Crippen LogP contribution in [0.5, 0.6) is 0 Å². The van der Waals surface area contributed by atoms with Gasteiger partial charge in [-0.05, 0) is 53.3 Å². The molecule has 0 aliphatic carbocycles. The number of rotatable bonds is 1. The fourth-order valence-corrected chi connectivity index (χ4v) is 1.76. The summed E-state index contributed by atoms with van der Waals surface area (Å²) in [6, 6.07) is 5.81. The molecule has 72 valence electrons. The van der Waals surface area contributed by atoms with E-state index < -0.39 is 0 Å². The molecule has 3 nitrogen and oxygen atoms in total. The first-order valence-electron chi connectivity index (χ1n) is 4.23. The van der Waals surface area contributed by atoms with Crippen molar-refractivity contribution in [2.24, 2.45) is 0 Å². The molecule has 0 saturated heterocycles. The summed E-state index contributed by atoms with van der Waals surface area (Å²) in [5, 5.41) is 4.24. The van der Waals surface area contributed by atoms with Gasteiger partial charge in [0.05, 0.1) is 15.5 Å². The van der Waals surface area contributed by atoms with Crippen molar-refractivity contribution in [2.75, 3.05) is 5.73 Å². The molecule has 0 spiro atoms. The van der Waals surface area contributed by atoms with Gasteiger partial charge in [-0.15, -0.1) is 0 Å². The van der Waals surface area contributed by atoms with Crippen molar-refractivity contribution < 1.29 is 0 Å². The molecule has 2 N–H and O–H groups in total. The first kappa shape index (κ1) is 9.51. The maximum Gasteiger partial charge on any atom is 0.0676 e. The molecule has 0 amide bonds. The van der Waals surface area contributed by atoms with Crippen LogP contribution in [-0.2, 0) is 0 Å². The van der Waals surface area contributed by atoms with Gasteiger partial charge in [-0.25, -0.2) is 4.68 Å². The molecule has 14 heavy (non-hydrogen) atoms. The zero-order valence-corrected chi connectivity index (χ0v) is 9.89. The van der Waals surface area contributed by atoms with E-state index in [9.17, 15) is 0 Å². The Hall–Kier alpha value is -1.04. The van der Waals surface area contributed by atoms with Crippen LogP contribution >= 0.6 is 22.6 Å². The van der Waals surface area contributed by atoms with Crippen LogP contribution in [-0.4, -0.2) is 9.78 Å². The Bertz CT molecular complexity index is 462. The molecule has 0 bridgehead atoms. The van der Waals surface area contributed by atoms with Crippen molar-refractivity contribution in [1.82, 2.24) is 9.78 Å². The van der Waals surface area contributed by atoms with Gasteiger partial charge in [0.2, 0.25) is 0 Å². The van der Waals surface area contributed by atoms with Gasteiger partial charge in [0, 0.05) is 11.9 Å². The van der Waals surface area contributed by atoms with Crippen molar-refractivity contribution in [3.05, 3.63) is 39.7 Å². The van der Waals surface area contributed by atoms with Gasteiger partial charge < -0.3 is 5.73 Å². The van der Waals surface area contributed by atoms with E-state index in [4.69, 9.17) is 5.73 Å². The van der Waals surface area contributed by atoms with E-state index in [0.717, 1.165) is 20.5 Å². The lowest BCUT2D eigenvalue weighted by atomic mass is 10.2. The topological polar surface area (TPSA) is 43.8 Å². The van der Waals surface area contributed by atoms with Crippen molar-refractivity contribution in [2.45, 2.75) is 6.92 Å². The summed E-state index contributed by atoms with van der Waals surface area (Å²) in [5.74, 6) is 0. The van der Waals surface area contributed by atoms with Crippen molar-refractivity contribution in [3.8, 4) is 5.69 Å². The number of aryl methyl sites for hydroxylation is 1. The number of anilines is 1. The average molecular weight is 299 g/mol. The molecule has 0 radical (unpaired) electrons. The Kier molecular flexibility index (Phi) is 2.45. The molecular weight excluding hydrogens is 289 g/mol. The molecule has 0 saturated carbocycles. The second-order valence-corrected chi connectivity index (χ2v) is 4.39. The third-order valence-corrected chi connectivity index (χ3v) is 2.58. The monoisotopic (exact) mass is 299 g/mol. The van der Waals surface area contributed by atoms with Gasteiger partial charge >= 0.3 is 0 Å². The molecule has 0 fully saturated rings. The first-order valence-corrected chi connectivity index (χ1v) is 5.31. The van der Waals surface area contributed by atoms with E-state index in [2.05, 4.69) is 27.7 Å². The maximum atomic E-state index is 5.68. The highest BCUT2D eigenvalue weighted by Crippen LogP contribution is 2.17. The number of hydrogen-bond acceptors (Lipinski definition) is 2. The predicted octanol–water partition coefficient (Wildman–Crippen LogP) is 2.37. The average Bonchev–Trinajstić information content (AvgIpc) is 2.51. The third-order valence-electron chi connectivity index (χ3n) is 2.02. The molecule has 0 aliphatic heterocycles. The van der Waals surface area contributed by atoms with Crippen LogP contribution in [0.15, 0.2) is 30.6 Å². The van der Waals surface area contributed by atoms with Crippen LogP contribution in [0, 0.1) is 10.5 Å². The smallest absolute Gasteiger partial charge is 0.0676 e. The molecule has 1 aromatic carbocycles. The number of nitrogens with two attached hydrogens (primary N) is 1. The molecular formula is C10H10IN3. The standard InChI is InChI=1S/C10H10IN3/c1-7-4-9(12)2-3-10(7)14-6-8(11)5-13-14/h2-6H,12H2,1H3. The zero-order chi connectivity index (χ0) is 10.1. The molecule has 2 rings (SSSR count). The fraction of sp³-hybridized carbons (Fsp3) is 0.100. The lowest BCUT2D eigenvalue weighted by Gasteiger charge is -2.05. The summed E-state index contributed by atoms with van der Waals surface area (Å²) in [4.78, 5) is 0. The van der Waals surface area contributed by atoms with Crippen molar-refractivity contribution in [1.29, 1.82) is 0 Å². The molecule has 1 heterocycles. The highest BCUT2D eigenvalue weighted by atomic mass is 127. The molecule has 0 unspecified atom stereocenters. The van der Waals surface area contributed by atoms with Gasteiger partial charge in [-0.3, -0.25) is 0 Å². The van der Waals surface area contributed by atoms with Crippen LogP contribution in [0.2, 0.25) is 0 Å². The Labute approximate surface area is 96.1 Å². The molecule has 1 aromatic heterocycles. The van der Waals surface area contributed by atoms with E-state index in [1.807, 2.05) is 42.2 Å². The minimum absolute atomic E-state index is 0.785. The quantitative estimate of drug-likeness (QED) is 0.649. The van der Waals surface area contributed by atoms with Crippen molar-refractivity contribution >= 4 is 28.3 Å². The van der Waals surface area contributed by atoms with Crippen molar-refractivity contribution in [3.63, 3.8) is 0 Å². The Morgan fingerprint density at radius 2 is 2.21 bits per heavy atom. The minimum atomic E-state index is 0.785. The van der Waals surface area contributed by atoms with E-state index in [1.54, 1.807) is 0 Å². The van der Waals surface area contributed by atoms with Gasteiger partial charge in [-0.1, -0.05) is 0 Å². The number of halogens is 1. The highest BCUT2D eigenvalue weighted by molar-refractivity contribution is 14.1. The molecule has 0 atom stereocenters. The van der Waals surface area contributed by atoms with Crippen LogP contribution < -0.4 is 5.73 Å². The summed E-state index contributed by atoms with van der Waals surface area (Å²) >= 11 is 2.24. The zero-order valence-electron chi connectivity index (χ0n) is 7.74. The largest absolute Gasteiger partial charge is 0.399 e. The Morgan fingerprint density at radius 1 is 1.43 bits per heavy atom. The lowest BCUT2D eigenvalue weighted by molar-refractivity contribution is 0.873. The van der Waals surface area contributed by atoms with Crippen LogP contribution in [0.25, 0.3) is 5.69 Å². The molecule has 2 aromatic rings. The summed E-state index contributed by atoms with van der Waals surface area (Å²) in [6.45, 7) is 2.03. The minimum Gasteiger partial charge on any atom is -0.399 e. The van der Waals surface area contributed by atoms with E-state index in [0.29, 0.717) is 0 Å². The van der Waals surface area contributed by atoms with E-state index >= 15 is 0 Å². The van der Waals surface area contributed by atoms with Gasteiger partial charge in [0.15, 0.2) is 0 Å². The maximum absolute atomic E-state index is 5.68.